The number of hydrogen-bond donors (Lipinski definition) is 0. The second kappa shape index (κ2) is 7.19. The molecule has 0 fully saturated rings. The molecule has 0 radical (unpaired) electrons. The molecule has 0 saturated heterocycles. The quantitative estimate of drug-likeness (QED) is 0.531. The summed E-state index contributed by atoms with van der Waals surface area (Å²) in [5, 5.41) is 2.12. The number of aryl methyl sites for hydroxylation is 1. The topological polar surface area (TPSA) is 27.7 Å². The molecule has 1 heterocycles. The second-order valence-electron chi connectivity index (χ2n) is 3.58. The van der Waals surface area contributed by atoms with E-state index >= 15 is 0 Å². The van der Waals surface area contributed by atoms with E-state index in [1.165, 1.54) is 4.88 Å². The summed E-state index contributed by atoms with van der Waals surface area (Å²) in [5.74, 6) is 0. The first-order valence-corrected chi connectivity index (χ1v) is 8.25. The molecular weight excluding hydrogens is 240 g/mol. The third-order valence-corrected chi connectivity index (χ3v) is 6.44. The van der Waals surface area contributed by atoms with Crippen LogP contribution in [0.15, 0.2) is 17.5 Å². The Morgan fingerprint density at radius 2 is 1.81 bits per heavy atom. The summed E-state index contributed by atoms with van der Waals surface area (Å²) in [6, 6.07) is 5.17. The van der Waals surface area contributed by atoms with Crippen LogP contribution in [-0.4, -0.2) is 30.1 Å². The summed E-state index contributed by atoms with van der Waals surface area (Å²) in [5.41, 5.74) is 0. The number of thiophene rings is 1. The van der Waals surface area contributed by atoms with Crippen molar-refractivity contribution in [2.45, 2.75) is 25.3 Å². The van der Waals surface area contributed by atoms with Crippen LogP contribution < -0.4 is 0 Å². The van der Waals surface area contributed by atoms with Crippen molar-refractivity contribution in [3.63, 3.8) is 0 Å². The fraction of sp³-hybridized carbons (Fsp3) is 0.636. The lowest BCUT2D eigenvalue weighted by Crippen LogP contribution is -2.42. The number of rotatable bonds is 8. The molecule has 5 heteroatoms. The molecule has 1 rings (SSSR count). The summed E-state index contributed by atoms with van der Waals surface area (Å²) in [4.78, 5) is 1.44. The molecule has 0 aliphatic rings. The van der Waals surface area contributed by atoms with Gasteiger partial charge in [-0.05, 0) is 30.7 Å². The molecule has 16 heavy (non-hydrogen) atoms. The van der Waals surface area contributed by atoms with E-state index in [0.717, 1.165) is 25.3 Å². The van der Waals surface area contributed by atoms with Gasteiger partial charge in [0.1, 0.15) is 0 Å². The van der Waals surface area contributed by atoms with Crippen LogP contribution in [0, 0.1) is 0 Å². The van der Waals surface area contributed by atoms with E-state index in [-0.39, 0.29) is 0 Å². The molecule has 1 aromatic rings. The molecule has 1 aromatic heterocycles. The Balaban J connectivity index is 2.23. The van der Waals surface area contributed by atoms with Crippen LogP contribution in [0.3, 0.4) is 0 Å². The monoisotopic (exact) mass is 260 g/mol. The van der Waals surface area contributed by atoms with Crippen molar-refractivity contribution in [3.05, 3.63) is 22.4 Å². The largest absolute Gasteiger partial charge is 0.500 e. The average molecular weight is 260 g/mol. The first kappa shape index (κ1) is 13.9. The minimum absolute atomic E-state index is 0.891. The zero-order chi connectivity index (χ0) is 11.9. The number of unbranched alkanes of at least 4 members (excludes halogenated alkanes) is 1. The van der Waals surface area contributed by atoms with Gasteiger partial charge in [-0.1, -0.05) is 6.07 Å². The van der Waals surface area contributed by atoms with Crippen molar-refractivity contribution in [1.82, 2.24) is 0 Å². The van der Waals surface area contributed by atoms with Crippen LogP contribution in [0.2, 0.25) is 6.04 Å². The zero-order valence-electron chi connectivity index (χ0n) is 10.2. The Morgan fingerprint density at radius 3 is 2.31 bits per heavy atom. The third-order valence-electron chi connectivity index (χ3n) is 2.67. The molecule has 0 saturated carbocycles. The fourth-order valence-corrected chi connectivity index (χ4v) is 4.20. The molecule has 0 aromatic carbocycles. The molecule has 0 unspecified atom stereocenters. The molecule has 0 aliphatic heterocycles. The Morgan fingerprint density at radius 1 is 1.12 bits per heavy atom. The highest BCUT2D eigenvalue weighted by Crippen LogP contribution is 2.18. The van der Waals surface area contributed by atoms with Gasteiger partial charge < -0.3 is 13.3 Å². The lowest BCUT2D eigenvalue weighted by molar-refractivity contribution is 0.123. The Bertz CT molecular complexity index is 265. The van der Waals surface area contributed by atoms with Crippen molar-refractivity contribution >= 4 is 20.1 Å². The van der Waals surface area contributed by atoms with Gasteiger partial charge in [-0.15, -0.1) is 11.3 Å². The molecular formula is C11H20O3SSi. The fourth-order valence-electron chi connectivity index (χ4n) is 1.65. The van der Waals surface area contributed by atoms with E-state index in [4.69, 9.17) is 13.3 Å². The van der Waals surface area contributed by atoms with Crippen molar-refractivity contribution in [2.75, 3.05) is 21.3 Å². The highest BCUT2D eigenvalue weighted by atomic mass is 32.1. The highest BCUT2D eigenvalue weighted by Gasteiger charge is 2.36. The van der Waals surface area contributed by atoms with Crippen LogP contribution in [0.5, 0.6) is 0 Å². The van der Waals surface area contributed by atoms with Gasteiger partial charge >= 0.3 is 8.80 Å². The van der Waals surface area contributed by atoms with Crippen molar-refractivity contribution in [3.8, 4) is 0 Å². The van der Waals surface area contributed by atoms with Crippen LogP contribution >= 0.6 is 11.3 Å². The summed E-state index contributed by atoms with van der Waals surface area (Å²) in [6.07, 6.45) is 3.38. The molecule has 92 valence electrons. The van der Waals surface area contributed by atoms with Crippen LogP contribution in [-0.2, 0) is 19.7 Å². The van der Waals surface area contributed by atoms with E-state index in [2.05, 4.69) is 17.5 Å². The van der Waals surface area contributed by atoms with Gasteiger partial charge in [-0.25, -0.2) is 0 Å². The van der Waals surface area contributed by atoms with Crippen molar-refractivity contribution < 1.29 is 13.3 Å². The minimum Gasteiger partial charge on any atom is -0.377 e. The minimum atomic E-state index is -2.34. The maximum Gasteiger partial charge on any atom is 0.500 e. The summed E-state index contributed by atoms with van der Waals surface area (Å²) < 4.78 is 16.1. The van der Waals surface area contributed by atoms with Crippen molar-refractivity contribution in [2.24, 2.45) is 0 Å². The van der Waals surface area contributed by atoms with E-state index in [9.17, 15) is 0 Å². The SMILES string of the molecule is CO[Si](CCCCc1cccs1)(OC)OC. The van der Waals surface area contributed by atoms with Crippen LogP contribution in [0.4, 0.5) is 0 Å². The Hall–Kier alpha value is -0.203. The molecule has 0 amide bonds. The molecule has 0 spiro atoms. The van der Waals surface area contributed by atoms with Crippen LogP contribution in [0.25, 0.3) is 0 Å². The van der Waals surface area contributed by atoms with Gasteiger partial charge in [0.2, 0.25) is 0 Å². The lowest BCUT2D eigenvalue weighted by atomic mass is 10.2. The van der Waals surface area contributed by atoms with E-state index in [0.29, 0.717) is 0 Å². The second-order valence-corrected chi connectivity index (χ2v) is 7.70. The Labute approximate surface area is 103 Å². The van der Waals surface area contributed by atoms with Gasteiger partial charge in [0.25, 0.3) is 0 Å². The average Bonchev–Trinajstić information content (AvgIpc) is 2.83. The predicted molar refractivity (Wildman–Crippen MR) is 68.8 cm³/mol. The molecule has 0 atom stereocenters. The first-order chi connectivity index (χ1) is 7.76. The predicted octanol–water partition coefficient (Wildman–Crippen LogP) is 2.95. The van der Waals surface area contributed by atoms with E-state index in [1.807, 2.05) is 11.3 Å². The normalized spacial score (nSPS) is 11.9. The maximum atomic E-state index is 5.37. The zero-order valence-corrected chi connectivity index (χ0v) is 12.0. The summed E-state index contributed by atoms with van der Waals surface area (Å²) in [7, 11) is 2.66. The van der Waals surface area contributed by atoms with Gasteiger partial charge in [0, 0.05) is 32.3 Å². The standard InChI is InChI=1S/C11H20O3SSi/c1-12-16(13-2,14-3)10-5-4-7-11-8-6-9-15-11/h6,8-9H,4-5,7,10H2,1-3H3. The van der Waals surface area contributed by atoms with Gasteiger partial charge in [-0.3, -0.25) is 0 Å². The molecule has 0 bridgehead atoms. The van der Waals surface area contributed by atoms with Crippen molar-refractivity contribution in [1.29, 1.82) is 0 Å². The lowest BCUT2D eigenvalue weighted by Gasteiger charge is -2.24. The molecule has 0 aliphatic carbocycles. The summed E-state index contributed by atoms with van der Waals surface area (Å²) >= 11 is 1.82. The van der Waals surface area contributed by atoms with Gasteiger partial charge in [0.05, 0.1) is 0 Å². The number of hydrogen-bond acceptors (Lipinski definition) is 4. The van der Waals surface area contributed by atoms with E-state index < -0.39 is 8.80 Å². The van der Waals surface area contributed by atoms with Crippen LogP contribution in [0.1, 0.15) is 17.7 Å². The molecule has 0 N–H and O–H groups in total. The molecule has 3 nitrogen and oxygen atoms in total. The maximum absolute atomic E-state index is 5.37. The smallest absolute Gasteiger partial charge is 0.377 e. The summed E-state index contributed by atoms with van der Waals surface area (Å²) in [6.45, 7) is 0. The van der Waals surface area contributed by atoms with Gasteiger partial charge in [-0.2, -0.15) is 0 Å². The third kappa shape index (κ3) is 3.99. The van der Waals surface area contributed by atoms with E-state index in [1.54, 1.807) is 21.3 Å². The Kier molecular flexibility index (Phi) is 6.23. The van der Waals surface area contributed by atoms with Gasteiger partial charge in [0.15, 0.2) is 0 Å². The highest BCUT2D eigenvalue weighted by molar-refractivity contribution is 7.09. The first-order valence-electron chi connectivity index (χ1n) is 5.44.